The maximum atomic E-state index is 15.2. The quantitative estimate of drug-likeness (QED) is 0.206. The number of aromatic nitrogens is 1. The number of ketones is 1. The SMILES string of the molecule is Cc1cc(C)c2nc(N3C(=O)C(=O)C(=C(O)c4ccc5c(c4)C[C@@H](C)O5)[C@H]3c3ccccc3F)sc2c1. The monoisotopic (exact) mass is 514 g/mol. The molecule has 0 bridgehead atoms. The Hall–Kier alpha value is -4.04. The molecule has 1 N–H and O–H groups in total. The van der Waals surface area contributed by atoms with E-state index in [9.17, 15) is 14.7 Å². The van der Waals surface area contributed by atoms with Crippen LogP contribution in [0.1, 0.15) is 40.8 Å². The minimum absolute atomic E-state index is 0.00233. The predicted molar refractivity (Wildman–Crippen MR) is 141 cm³/mol. The van der Waals surface area contributed by atoms with Gasteiger partial charge in [0.15, 0.2) is 5.13 Å². The normalized spacial score (nSPS) is 20.5. The van der Waals surface area contributed by atoms with E-state index in [0.29, 0.717) is 17.5 Å². The Bertz CT molecular complexity index is 1660. The highest BCUT2D eigenvalue weighted by Gasteiger charge is 2.49. The zero-order valence-corrected chi connectivity index (χ0v) is 21.2. The van der Waals surface area contributed by atoms with Crippen LogP contribution in [0.15, 0.2) is 60.2 Å². The number of carbonyl (C=O) groups is 2. The lowest BCUT2D eigenvalue weighted by Gasteiger charge is -2.23. The second kappa shape index (κ2) is 8.52. The lowest BCUT2D eigenvalue weighted by Crippen LogP contribution is -2.29. The Morgan fingerprint density at radius 3 is 2.70 bits per heavy atom. The standard InChI is InChI=1S/C29H23FN2O4S/c1-14-10-15(2)24-22(11-14)37-29(31-24)32-25(19-6-4-5-7-20(19)30)23(27(34)28(32)35)26(33)17-8-9-21-18(13-17)12-16(3)36-21/h4-11,13,16,25,33H,12H2,1-3H3/t16-,25-/m1/s1. The van der Waals surface area contributed by atoms with Gasteiger partial charge in [-0.25, -0.2) is 9.37 Å². The minimum Gasteiger partial charge on any atom is -0.507 e. The van der Waals surface area contributed by atoms with Gasteiger partial charge in [0.25, 0.3) is 5.78 Å². The fraction of sp³-hybridized carbons (Fsp3) is 0.207. The van der Waals surface area contributed by atoms with E-state index in [0.717, 1.165) is 27.1 Å². The van der Waals surface area contributed by atoms with E-state index in [1.54, 1.807) is 24.3 Å². The average molecular weight is 515 g/mol. The molecular weight excluding hydrogens is 491 g/mol. The zero-order valence-electron chi connectivity index (χ0n) is 20.4. The molecule has 8 heteroatoms. The highest BCUT2D eigenvalue weighted by Crippen LogP contribution is 2.45. The van der Waals surface area contributed by atoms with Gasteiger partial charge in [-0.1, -0.05) is 35.6 Å². The number of amides is 1. The lowest BCUT2D eigenvalue weighted by atomic mass is 9.94. The second-order valence-electron chi connectivity index (χ2n) is 9.57. The fourth-order valence-corrected chi connectivity index (χ4v) is 6.38. The maximum Gasteiger partial charge on any atom is 0.301 e. The molecule has 0 saturated carbocycles. The van der Waals surface area contributed by atoms with Crippen molar-refractivity contribution in [3.63, 3.8) is 0 Å². The number of carbonyl (C=O) groups excluding carboxylic acids is 2. The van der Waals surface area contributed by atoms with Gasteiger partial charge < -0.3 is 9.84 Å². The molecule has 2 atom stereocenters. The number of thiazole rings is 1. The molecular formula is C29H23FN2O4S. The van der Waals surface area contributed by atoms with Gasteiger partial charge in [0.1, 0.15) is 29.5 Å². The van der Waals surface area contributed by atoms with Crippen LogP contribution < -0.4 is 9.64 Å². The highest BCUT2D eigenvalue weighted by molar-refractivity contribution is 7.22. The molecule has 0 spiro atoms. The van der Waals surface area contributed by atoms with Crippen LogP contribution in [-0.2, 0) is 16.0 Å². The molecule has 1 fully saturated rings. The minimum atomic E-state index is -1.17. The Morgan fingerprint density at radius 1 is 1.14 bits per heavy atom. The molecule has 6 nitrogen and oxygen atoms in total. The molecule has 0 radical (unpaired) electrons. The Kier molecular flexibility index (Phi) is 5.38. The van der Waals surface area contributed by atoms with Crippen LogP contribution in [0.3, 0.4) is 0 Å². The Balaban J connectivity index is 1.56. The number of fused-ring (bicyclic) bond motifs is 2. The van der Waals surface area contributed by atoms with Crippen molar-refractivity contribution in [1.82, 2.24) is 4.98 Å². The lowest BCUT2D eigenvalue weighted by molar-refractivity contribution is -0.132. The number of hydrogen-bond donors (Lipinski definition) is 1. The van der Waals surface area contributed by atoms with Crippen LogP contribution >= 0.6 is 11.3 Å². The van der Waals surface area contributed by atoms with E-state index in [2.05, 4.69) is 4.98 Å². The summed E-state index contributed by atoms with van der Waals surface area (Å²) in [5, 5.41) is 11.7. The molecule has 4 aromatic rings. The molecule has 0 unspecified atom stereocenters. The maximum absolute atomic E-state index is 15.2. The first kappa shape index (κ1) is 23.4. The third-order valence-electron chi connectivity index (χ3n) is 6.84. The van der Waals surface area contributed by atoms with E-state index in [-0.39, 0.29) is 28.1 Å². The second-order valence-corrected chi connectivity index (χ2v) is 10.6. The number of aliphatic hydroxyl groups excluding tert-OH is 1. The average Bonchev–Trinajstić information content (AvgIpc) is 3.52. The summed E-state index contributed by atoms with van der Waals surface area (Å²) in [4.78, 5) is 32.8. The van der Waals surface area contributed by atoms with Gasteiger partial charge in [-0.05, 0) is 67.8 Å². The number of aliphatic hydroxyl groups is 1. The van der Waals surface area contributed by atoms with Crippen molar-refractivity contribution in [2.45, 2.75) is 39.3 Å². The summed E-state index contributed by atoms with van der Waals surface area (Å²) in [5.74, 6) is -1.97. The van der Waals surface area contributed by atoms with E-state index in [1.165, 1.54) is 34.4 Å². The molecule has 1 aromatic heterocycles. The van der Waals surface area contributed by atoms with Crippen molar-refractivity contribution in [1.29, 1.82) is 0 Å². The van der Waals surface area contributed by atoms with E-state index < -0.39 is 23.5 Å². The molecule has 3 heterocycles. The molecule has 6 rings (SSSR count). The summed E-state index contributed by atoms with van der Waals surface area (Å²) in [7, 11) is 0. The molecule has 1 saturated heterocycles. The van der Waals surface area contributed by atoms with Crippen molar-refractivity contribution in [3.05, 3.63) is 93.8 Å². The summed E-state index contributed by atoms with van der Waals surface area (Å²) in [6, 6.07) is 13.9. The molecule has 0 aliphatic carbocycles. The molecule has 3 aromatic carbocycles. The number of nitrogens with zero attached hydrogens (tertiary/aromatic N) is 2. The number of halogens is 1. The van der Waals surface area contributed by atoms with E-state index in [4.69, 9.17) is 4.74 Å². The first-order valence-electron chi connectivity index (χ1n) is 12.0. The molecule has 37 heavy (non-hydrogen) atoms. The largest absolute Gasteiger partial charge is 0.507 e. The third kappa shape index (κ3) is 3.71. The van der Waals surface area contributed by atoms with Crippen LogP contribution in [0.2, 0.25) is 0 Å². The summed E-state index contributed by atoms with van der Waals surface area (Å²) < 4.78 is 21.8. The summed E-state index contributed by atoms with van der Waals surface area (Å²) in [5.41, 5.74) is 3.89. The van der Waals surface area contributed by atoms with Crippen molar-refractivity contribution >= 4 is 44.1 Å². The highest BCUT2D eigenvalue weighted by atomic mass is 32.1. The van der Waals surface area contributed by atoms with Gasteiger partial charge >= 0.3 is 5.91 Å². The molecule has 1 amide bonds. The van der Waals surface area contributed by atoms with Crippen molar-refractivity contribution in [2.75, 3.05) is 4.90 Å². The molecule has 2 aliphatic heterocycles. The first-order valence-corrected chi connectivity index (χ1v) is 12.8. The van der Waals surface area contributed by atoms with Gasteiger partial charge in [0.2, 0.25) is 0 Å². The fourth-order valence-electron chi connectivity index (χ4n) is 5.21. The van der Waals surface area contributed by atoms with Crippen LogP contribution in [0.25, 0.3) is 16.0 Å². The van der Waals surface area contributed by atoms with Gasteiger partial charge in [-0.15, -0.1) is 0 Å². The van der Waals surface area contributed by atoms with Gasteiger partial charge in [0, 0.05) is 17.5 Å². The predicted octanol–water partition coefficient (Wildman–Crippen LogP) is 6.00. The smallest absolute Gasteiger partial charge is 0.301 e. The number of Topliss-reactive ketones (excluding diaryl/α,β-unsaturated/α-hetero) is 1. The number of aryl methyl sites for hydroxylation is 2. The Morgan fingerprint density at radius 2 is 1.92 bits per heavy atom. The van der Waals surface area contributed by atoms with Crippen molar-refractivity contribution < 1.29 is 23.8 Å². The third-order valence-corrected chi connectivity index (χ3v) is 7.84. The van der Waals surface area contributed by atoms with Gasteiger partial charge in [-0.3, -0.25) is 14.5 Å². The van der Waals surface area contributed by atoms with Crippen molar-refractivity contribution in [2.24, 2.45) is 0 Å². The number of rotatable bonds is 3. The van der Waals surface area contributed by atoms with Crippen LogP contribution in [-0.4, -0.2) is 27.9 Å². The van der Waals surface area contributed by atoms with Crippen LogP contribution in [0.4, 0.5) is 9.52 Å². The van der Waals surface area contributed by atoms with E-state index in [1.807, 2.05) is 32.9 Å². The van der Waals surface area contributed by atoms with Gasteiger partial charge in [0.05, 0.1) is 15.8 Å². The topological polar surface area (TPSA) is 79.7 Å². The number of hydrogen-bond acceptors (Lipinski definition) is 6. The van der Waals surface area contributed by atoms with Crippen LogP contribution in [0, 0.1) is 19.7 Å². The first-order chi connectivity index (χ1) is 17.7. The number of benzene rings is 3. The van der Waals surface area contributed by atoms with Gasteiger partial charge in [-0.2, -0.15) is 0 Å². The van der Waals surface area contributed by atoms with Crippen molar-refractivity contribution in [3.8, 4) is 5.75 Å². The zero-order chi connectivity index (χ0) is 26.0. The molecule has 2 aliphatic rings. The van der Waals surface area contributed by atoms with E-state index >= 15 is 4.39 Å². The van der Waals surface area contributed by atoms with Crippen LogP contribution in [0.5, 0.6) is 5.75 Å². The summed E-state index contributed by atoms with van der Waals surface area (Å²) >= 11 is 1.26. The molecule has 186 valence electrons. The number of anilines is 1. The summed E-state index contributed by atoms with van der Waals surface area (Å²) in [6.45, 7) is 5.85. The number of ether oxygens (including phenoxy) is 1. The summed E-state index contributed by atoms with van der Waals surface area (Å²) in [6.07, 6.45) is 0.661. The Labute approximate surface area is 216 Å².